The van der Waals surface area contributed by atoms with Crippen molar-refractivity contribution in [1.82, 2.24) is 4.90 Å². The maximum atomic E-state index is 11.8. The number of carbonyl (C=O) groups is 2. The fourth-order valence-electron chi connectivity index (χ4n) is 2.12. The van der Waals surface area contributed by atoms with Crippen molar-refractivity contribution in [2.45, 2.75) is 51.4 Å². The van der Waals surface area contributed by atoms with Gasteiger partial charge in [0.25, 0.3) is 0 Å². The van der Waals surface area contributed by atoms with Crippen LogP contribution in [0, 0.1) is 0 Å². The van der Waals surface area contributed by atoms with E-state index in [-0.39, 0.29) is 30.6 Å². The lowest BCUT2D eigenvalue weighted by molar-refractivity contribution is -0.151. The van der Waals surface area contributed by atoms with E-state index in [0.717, 1.165) is 6.42 Å². The highest BCUT2D eigenvalue weighted by atomic mass is 16.6. The fraction of sp³-hybridized carbons (Fsp3) is 0.818. The number of hydrogen-bond acceptors (Lipinski definition) is 4. The van der Waals surface area contributed by atoms with Crippen LogP contribution in [0.4, 0.5) is 4.79 Å². The summed E-state index contributed by atoms with van der Waals surface area (Å²) in [6, 6.07) is -0.0406. The van der Waals surface area contributed by atoms with Crippen molar-refractivity contribution in [2.75, 3.05) is 6.54 Å². The van der Waals surface area contributed by atoms with Crippen LogP contribution in [-0.2, 0) is 14.3 Å². The fourth-order valence-corrected chi connectivity index (χ4v) is 2.12. The predicted octanol–water partition coefficient (Wildman–Crippen LogP) is 1.31. The Morgan fingerprint density at radius 2 is 2.19 bits per heavy atom. The number of fused-ring (bicyclic) bond motifs is 2. The lowest BCUT2D eigenvalue weighted by Gasteiger charge is -2.27. The molecule has 0 aliphatic carbocycles. The molecule has 0 aromatic rings. The molecule has 1 amide bonds. The highest BCUT2D eigenvalue weighted by molar-refractivity contribution is 5.75. The van der Waals surface area contributed by atoms with Gasteiger partial charge >= 0.3 is 12.1 Å². The first-order valence-electron chi connectivity index (χ1n) is 5.54. The number of nitrogens with zero attached hydrogens (tertiary/aromatic N) is 1. The zero-order valence-electron chi connectivity index (χ0n) is 9.86. The third-order valence-corrected chi connectivity index (χ3v) is 2.70. The average Bonchev–Trinajstić information content (AvgIpc) is 2.38. The maximum Gasteiger partial charge on any atom is 0.410 e. The van der Waals surface area contributed by atoms with Gasteiger partial charge in [0.15, 0.2) is 0 Å². The van der Waals surface area contributed by atoms with E-state index in [1.54, 1.807) is 4.90 Å². The Labute approximate surface area is 94.7 Å². The molecule has 0 aromatic carbocycles. The minimum Gasteiger partial charge on any atom is -0.460 e. The highest BCUT2D eigenvalue weighted by Gasteiger charge is 2.43. The molecule has 0 unspecified atom stereocenters. The minimum absolute atomic E-state index is 0.0406. The van der Waals surface area contributed by atoms with Crippen molar-refractivity contribution in [3.63, 3.8) is 0 Å². The number of amides is 1. The largest absolute Gasteiger partial charge is 0.460 e. The molecule has 2 atom stereocenters. The van der Waals surface area contributed by atoms with Crippen LogP contribution in [0.1, 0.15) is 33.6 Å². The van der Waals surface area contributed by atoms with Crippen molar-refractivity contribution in [1.29, 1.82) is 0 Å². The zero-order chi connectivity index (χ0) is 11.9. The molecule has 0 radical (unpaired) electrons. The smallest absolute Gasteiger partial charge is 0.410 e. The Morgan fingerprint density at radius 3 is 2.81 bits per heavy atom. The van der Waals surface area contributed by atoms with Crippen LogP contribution in [0.5, 0.6) is 0 Å². The summed E-state index contributed by atoms with van der Waals surface area (Å²) in [6.45, 7) is 5.95. The van der Waals surface area contributed by atoms with E-state index in [9.17, 15) is 9.59 Å². The molecule has 90 valence electrons. The summed E-state index contributed by atoms with van der Waals surface area (Å²) in [5.74, 6) is -0.215. The Kier molecular flexibility index (Phi) is 2.56. The SMILES string of the molecule is CC(C)(C)OC(=O)N1C[C@@H]2C[C@H]1CC(=O)O2. The van der Waals surface area contributed by atoms with E-state index in [1.807, 2.05) is 20.8 Å². The maximum absolute atomic E-state index is 11.8. The molecule has 2 heterocycles. The molecule has 5 heteroatoms. The number of hydrogen-bond donors (Lipinski definition) is 0. The highest BCUT2D eigenvalue weighted by Crippen LogP contribution is 2.29. The number of rotatable bonds is 0. The first kappa shape index (κ1) is 11.2. The van der Waals surface area contributed by atoms with Crippen molar-refractivity contribution in [2.24, 2.45) is 0 Å². The zero-order valence-corrected chi connectivity index (χ0v) is 9.86. The van der Waals surface area contributed by atoms with Gasteiger partial charge in [-0.1, -0.05) is 0 Å². The molecule has 2 saturated heterocycles. The van der Waals surface area contributed by atoms with Gasteiger partial charge in [-0.25, -0.2) is 4.79 Å². The molecule has 16 heavy (non-hydrogen) atoms. The third-order valence-electron chi connectivity index (χ3n) is 2.70. The molecule has 0 spiro atoms. The monoisotopic (exact) mass is 227 g/mol. The van der Waals surface area contributed by atoms with Gasteiger partial charge in [0.2, 0.25) is 0 Å². The molecule has 5 nitrogen and oxygen atoms in total. The van der Waals surface area contributed by atoms with Crippen molar-refractivity contribution >= 4 is 12.1 Å². The van der Waals surface area contributed by atoms with E-state index in [1.165, 1.54) is 0 Å². The van der Waals surface area contributed by atoms with Crippen LogP contribution in [0.15, 0.2) is 0 Å². The predicted molar refractivity (Wildman–Crippen MR) is 55.8 cm³/mol. The number of esters is 1. The van der Waals surface area contributed by atoms with Gasteiger partial charge in [-0.3, -0.25) is 4.79 Å². The minimum atomic E-state index is -0.501. The summed E-state index contributed by atoms with van der Waals surface area (Å²) < 4.78 is 10.4. The van der Waals surface area contributed by atoms with Crippen LogP contribution in [-0.4, -0.2) is 41.3 Å². The molecule has 2 rings (SSSR count). The molecule has 2 fully saturated rings. The normalized spacial score (nSPS) is 28.9. The van der Waals surface area contributed by atoms with Crippen molar-refractivity contribution in [3.05, 3.63) is 0 Å². The van der Waals surface area contributed by atoms with Crippen molar-refractivity contribution in [3.8, 4) is 0 Å². The Hall–Kier alpha value is -1.26. The van der Waals surface area contributed by atoms with Gasteiger partial charge in [0.1, 0.15) is 11.7 Å². The van der Waals surface area contributed by atoms with Gasteiger partial charge in [0.05, 0.1) is 13.0 Å². The van der Waals surface area contributed by atoms with Gasteiger partial charge in [-0.05, 0) is 20.8 Å². The lowest BCUT2D eigenvalue weighted by Crippen LogP contribution is -2.40. The summed E-state index contributed by atoms with van der Waals surface area (Å²) in [6.07, 6.45) is 0.540. The van der Waals surface area contributed by atoms with Crippen LogP contribution >= 0.6 is 0 Å². The first-order valence-corrected chi connectivity index (χ1v) is 5.54. The summed E-state index contributed by atoms with van der Waals surface area (Å²) >= 11 is 0. The molecule has 0 N–H and O–H groups in total. The van der Waals surface area contributed by atoms with Gasteiger partial charge in [-0.15, -0.1) is 0 Å². The Bertz CT molecular complexity index is 320. The van der Waals surface area contributed by atoms with Crippen molar-refractivity contribution < 1.29 is 19.1 Å². The number of carbonyl (C=O) groups excluding carboxylic acids is 2. The second-order valence-corrected chi connectivity index (χ2v) is 5.34. The summed E-state index contributed by atoms with van der Waals surface area (Å²) in [5.41, 5.74) is -0.501. The van der Waals surface area contributed by atoms with E-state index in [4.69, 9.17) is 9.47 Å². The summed E-state index contributed by atoms with van der Waals surface area (Å²) in [4.78, 5) is 24.6. The van der Waals surface area contributed by atoms with E-state index < -0.39 is 5.60 Å². The Morgan fingerprint density at radius 1 is 1.50 bits per heavy atom. The van der Waals surface area contributed by atoms with E-state index >= 15 is 0 Å². The van der Waals surface area contributed by atoms with Gasteiger partial charge < -0.3 is 14.4 Å². The Balaban J connectivity index is 2.01. The summed E-state index contributed by atoms with van der Waals surface area (Å²) in [7, 11) is 0. The first-order chi connectivity index (χ1) is 7.35. The average molecular weight is 227 g/mol. The van der Waals surface area contributed by atoms with E-state index in [0.29, 0.717) is 6.54 Å². The quantitative estimate of drug-likeness (QED) is 0.585. The standard InChI is InChI=1S/C11H17NO4/c1-11(2,3)16-10(14)12-6-8-4-7(12)5-9(13)15-8/h7-8H,4-6H2,1-3H3/t7-,8-/m0/s1. The van der Waals surface area contributed by atoms with Crippen LogP contribution in [0.25, 0.3) is 0 Å². The molecule has 2 aliphatic heterocycles. The second kappa shape index (κ2) is 3.64. The number of ether oxygens (including phenoxy) is 2. The molecule has 0 aromatic heterocycles. The molecular formula is C11H17NO4. The molecule has 0 saturated carbocycles. The van der Waals surface area contributed by atoms with Crippen LogP contribution in [0.3, 0.4) is 0 Å². The second-order valence-electron chi connectivity index (χ2n) is 5.34. The molecular weight excluding hydrogens is 210 g/mol. The van der Waals surface area contributed by atoms with Gasteiger partial charge in [0, 0.05) is 12.5 Å². The third kappa shape index (κ3) is 2.28. The van der Waals surface area contributed by atoms with Crippen LogP contribution in [0.2, 0.25) is 0 Å². The summed E-state index contributed by atoms with van der Waals surface area (Å²) in [5, 5.41) is 0. The topological polar surface area (TPSA) is 55.8 Å². The molecule has 2 aliphatic rings. The molecule has 2 bridgehead atoms. The lowest BCUT2D eigenvalue weighted by atomic mass is 10.1. The van der Waals surface area contributed by atoms with Crippen LogP contribution < -0.4 is 0 Å². The number of likely N-dealkylation sites (tertiary alicyclic amines) is 1. The van der Waals surface area contributed by atoms with Gasteiger partial charge in [-0.2, -0.15) is 0 Å². The van der Waals surface area contributed by atoms with E-state index in [2.05, 4.69) is 0 Å².